The number of hydrogen-bond acceptors (Lipinski definition) is 4. The van der Waals surface area contributed by atoms with Crippen LogP contribution in [-0.4, -0.2) is 25.0 Å². The maximum atomic E-state index is 11.6. The molecule has 0 aliphatic heterocycles. The molecule has 0 bridgehead atoms. The molecule has 20 heavy (non-hydrogen) atoms. The molecule has 0 atom stereocenters. The van der Waals surface area contributed by atoms with Crippen molar-refractivity contribution in [3.8, 4) is 0 Å². The van der Waals surface area contributed by atoms with Gasteiger partial charge in [0.15, 0.2) is 0 Å². The normalized spacial score (nSPS) is 10.8. The van der Waals surface area contributed by atoms with Crippen molar-refractivity contribution in [3.05, 3.63) is 58.0 Å². The molecular formula is C15H16BrNO3. The summed E-state index contributed by atoms with van der Waals surface area (Å²) in [5.41, 5.74) is 1.68. The van der Waals surface area contributed by atoms with Crippen molar-refractivity contribution in [2.24, 2.45) is 0 Å². The summed E-state index contributed by atoms with van der Waals surface area (Å²) >= 11 is 3.41. The third-order valence-corrected chi connectivity index (χ3v) is 3.46. The summed E-state index contributed by atoms with van der Waals surface area (Å²) in [5, 5.41) is 0. The first-order valence-corrected chi connectivity index (χ1v) is 6.97. The predicted molar refractivity (Wildman–Crippen MR) is 79.4 cm³/mol. The van der Waals surface area contributed by atoms with E-state index in [1.807, 2.05) is 19.2 Å². The predicted octanol–water partition coefficient (Wildman–Crippen LogP) is 3.46. The average molecular weight is 338 g/mol. The molecule has 0 N–H and O–H groups in total. The molecule has 2 aromatic rings. The Bertz CT molecular complexity index is 577. The number of ether oxygens (including phenoxy) is 1. The summed E-state index contributed by atoms with van der Waals surface area (Å²) in [6, 6.07) is 9.77. The van der Waals surface area contributed by atoms with Crippen molar-refractivity contribution in [3.63, 3.8) is 0 Å². The first-order chi connectivity index (χ1) is 9.60. The van der Waals surface area contributed by atoms with Gasteiger partial charge in [0.25, 0.3) is 0 Å². The Hall–Kier alpha value is -1.59. The Morgan fingerprint density at radius 2 is 1.95 bits per heavy atom. The van der Waals surface area contributed by atoms with Crippen LogP contribution in [-0.2, 0) is 17.8 Å². The fraction of sp³-hybridized carbons (Fsp3) is 0.267. The van der Waals surface area contributed by atoms with E-state index in [-0.39, 0.29) is 5.97 Å². The van der Waals surface area contributed by atoms with E-state index in [0.717, 1.165) is 11.0 Å². The maximum Gasteiger partial charge on any atom is 0.341 e. The molecule has 0 saturated carbocycles. The van der Waals surface area contributed by atoms with Crippen LogP contribution < -0.4 is 0 Å². The Morgan fingerprint density at radius 3 is 2.60 bits per heavy atom. The lowest BCUT2D eigenvalue weighted by molar-refractivity contribution is 0.0596. The van der Waals surface area contributed by atoms with Crippen LogP contribution in [0.3, 0.4) is 0 Å². The van der Waals surface area contributed by atoms with Crippen LogP contribution in [0.2, 0.25) is 0 Å². The van der Waals surface area contributed by atoms with E-state index in [1.165, 1.54) is 18.9 Å². The molecule has 0 radical (unpaired) electrons. The van der Waals surface area contributed by atoms with Gasteiger partial charge in [-0.25, -0.2) is 4.79 Å². The summed E-state index contributed by atoms with van der Waals surface area (Å²) in [5.74, 6) is 0.252. The number of nitrogens with zero attached hydrogens (tertiary/aromatic N) is 1. The monoisotopic (exact) mass is 337 g/mol. The van der Waals surface area contributed by atoms with Gasteiger partial charge < -0.3 is 9.15 Å². The molecule has 0 spiro atoms. The zero-order chi connectivity index (χ0) is 14.5. The molecule has 0 aliphatic carbocycles. The topological polar surface area (TPSA) is 42.7 Å². The number of esters is 1. The SMILES string of the molecule is COC(=O)c1ccoc1CN(C)Cc1ccc(Br)cc1. The average Bonchev–Trinajstić information content (AvgIpc) is 2.88. The standard InChI is InChI=1S/C15H16BrNO3/c1-17(9-11-3-5-12(16)6-4-11)10-14-13(7-8-20-14)15(18)19-2/h3-8H,9-10H2,1-2H3. The smallest absolute Gasteiger partial charge is 0.341 e. The number of rotatable bonds is 5. The molecule has 1 heterocycles. The molecule has 0 unspecified atom stereocenters. The third kappa shape index (κ3) is 3.71. The van der Waals surface area contributed by atoms with E-state index in [9.17, 15) is 4.79 Å². The Labute approximate surface area is 126 Å². The minimum absolute atomic E-state index is 0.370. The van der Waals surface area contributed by atoms with Crippen molar-refractivity contribution in [1.82, 2.24) is 4.90 Å². The third-order valence-electron chi connectivity index (χ3n) is 2.93. The minimum atomic E-state index is -0.370. The van der Waals surface area contributed by atoms with Crippen LogP contribution in [0, 0.1) is 0 Å². The highest BCUT2D eigenvalue weighted by atomic mass is 79.9. The van der Waals surface area contributed by atoms with Gasteiger partial charge in [0.05, 0.1) is 19.9 Å². The van der Waals surface area contributed by atoms with E-state index < -0.39 is 0 Å². The van der Waals surface area contributed by atoms with Gasteiger partial charge in [-0.2, -0.15) is 0 Å². The van der Waals surface area contributed by atoms with Gasteiger partial charge in [-0.15, -0.1) is 0 Å². The van der Waals surface area contributed by atoms with E-state index in [1.54, 1.807) is 6.07 Å². The number of halogens is 1. The van der Waals surface area contributed by atoms with Crippen LogP contribution in [0.5, 0.6) is 0 Å². The number of furan rings is 1. The van der Waals surface area contributed by atoms with Crippen molar-refractivity contribution >= 4 is 21.9 Å². The van der Waals surface area contributed by atoms with Gasteiger partial charge in [-0.05, 0) is 30.8 Å². The molecule has 1 aromatic heterocycles. The quantitative estimate of drug-likeness (QED) is 0.783. The molecule has 5 heteroatoms. The summed E-state index contributed by atoms with van der Waals surface area (Å²) in [7, 11) is 3.34. The lowest BCUT2D eigenvalue weighted by atomic mass is 10.2. The molecule has 0 saturated heterocycles. The minimum Gasteiger partial charge on any atom is -0.467 e. The first-order valence-electron chi connectivity index (χ1n) is 6.18. The summed E-state index contributed by atoms with van der Waals surface area (Å²) in [4.78, 5) is 13.6. The number of carbonyl (C=O) groups excluding carboxylic acids is 1. The lowest BCUT2D eigenvalue weighted by Gasteiger charge is -2.16. The molecule has 106 valence electrons. The molecule has 1 aromatic carbocycles. The van der Waals surface area contributed by atoms with E-state index in [0.29, 0.717) is 17.9 Å². The first kappa shape index (κ1) is 14.8. The zero-order valence-electron chi connectivity index (χ0n) is 11.4. The molecule has 0 fully saturated rings. The van der Waals surface area contributed by atoms with Gasteiger partial charge in [-0.1, -0.05) is 28.1 Å². The Kier molecular flexibility index (Phi) is 4.98. The van der Waals surface area contributed by atoms with Crippen molar-refractivity contribution in [2.45, 2.75) is 13.1 Å². The summed E-state index contributed by atoms with van der Waals surface area (Å²) < 4.78 is 11.1. The maximum absolute atomic E-state index is 11.6. The van der Waals surface area contributed by atoms with Gasteiger partial charge in [0, 0.05) is 11.0 Å². The highest BCUT2D eigenvalue weighted by Gasteiger charge is 2.16. The number of carbonyl (C=O) groups is 1. The fourth-order valence-electron chi connectivity index (χ4n) is 1.96. The summed E-state index contributed by atoms with van der Waals surface area (Å²) in [6.45, 7) is 1.32. The molecule has 0 amide bonds. The molecule has 4 nitrogen and oxygen atoms in total. The van der Waals surface area contributed by atoms with Crippen LogP contribution in [0.15, 0.2) is 45.5 Å². The lowest BCUT2D eigenvalue weighted by Crippen LogP contribution is -2.18. The van der Waals surface area contributed by atoms with Crippen LogP contribution >= 0.6 is 15.9 Å². The zero-order valence-corrected chi connectivity index (χ0v) is 13.0. The molecule has 2 rings (SSSR count). The second-order valence-corrected chi connectivity index (χ2v) is 5.46. The van der Waals surface area contributed by atoms with Crippen LogP contribution in [0.4, 0.5) is 0 Å². The van der Waals surface area contributed by atoms with Gasteiger partial charge in [-0.3, -0.25) is 4.90 Å². The number of hydrogen-bond donors (Lipinski definition) is 0. The molecule has 0 aliphatic rings. The van der Waals surface area contributed by atoms with Crippen molar-refractivity contribution in [1.29, 1.82) is 0 Å². The number of methoxy groups -OCH3 is 1. The largest absolute Gasteiger partial charge is 0.467 e. The van der Waals surface area contributed by atoms with Crippen molar-refractivity contribution in [2.75, 3.05) is 14.2 Å². The summed E-state index contributed by atoms with van der Waals surface area (Å²) in [6.07, 6.45) is 1.51. The fourth-order valence-corrected chi connectivity index (χ4v) is 2.22. The number of benzene rings is 1. The Morgan fingerprint density at radius 1 is 1.25 bits per heavy atom. The second kappa shape index (κ2) is 6.72. The Balaban J connectivity index is 2.01. The van der Waals surface area contributed by atoms with E-state index in [4.69, 9.17) is 9.15 Å². The van der Waals surface area contributed by atoms with Gasteiger partial charge >= 0.3 is 5.97 Å². The van der Waals surface area contributed by atoms with Crippen molar-refractivity contribution < 1.29 is 13.9 Å². The van der Waals surface area contributed by atoms with E-state index in [2.05, 4.69) is 33.0 Å². The molecular weight excluding hydrogens is 322 g/mol. The highest BCUT2D eigenvalue weighted by Crippen LogP contribution is 2.16. The second-order valence-electron chi connectivity index (χ2n) is 4.55. The van der Waals surface area contributed by atoms with E-state index >= 15 is 0 Å². The van der Waals surface area contributed by atoms with Crippen LogP contribution in [0.25, 0.3) is 0 Å². The highest BCUT2D eigenvalue weighted by molar-refractivity contribution is 9.10. The van der Waals surface area contributed by atoms with Crippen LogP contribution in [0.1, 0.15) is 21.7 Å². The van der Waals surface area contributed by atoms with Gasteiger partial charge in [0.2, 0.25) is 0 Å². The van der Waals surface area contributed by atoms with Gasteiger partial charge in [0.1, 0.15) is 11.3 Å².